The van der Waals surface area contributed by atoms with Gasteiger partial charge in [0.25, 0.3) is 0 Å². The van der Waals surface area contributed by atoms with Gasteiger partial charge >= 0.3 is 17.9 Å². The van der Waals surface area contributed by atoms with Crippen molar-refractivity contribution in [1.29, 1.82) is 5.41 Å². The van der Waals surface area contributed by atoms with Crippen LogP contribution in [0.4, 0.5) is 44.1 Å². The Morgan fingerprint density at radius 1 is 1.00 bits per heavy atom. The quantitative estimate of drug-likeness (QED) is 0.356. The van der Waals surface area contributed by atoms with E-state index in [0.29, 0.717) is 0 Å². The fraction of sp³-hybridized carbons (Fsp3) is 0.800. The molecular formula is C5H2F10N2. The van der Waals surface area contributed by atoms with Crippen LogP contribution in [0.5, 0.6) is 0 Å². The molecular weight excluding hydrogens is 278 g/mol. The minimum atomic E-state index is -6.93. The normalized spacial score (nSPS) is 16.2. The number of halogens is 10. The van der Waals surface area contributed by atoms with Crippen LogP contribution in [-0.2, 0) is 0 Å². The second kappa shape index (κ2) is 4.31. The van der Waals surface area contributed by atoms with E-state index in [1.165, 1.54) is 0 Å². The lowest BCUT2D eigenvalue weighted by molar-refractivity contribution is -0.435. The lowest BCUT2D eigenvalue weighted by atomic mass is 10.1. The Kier molecular flexibility index (Phi) is 4.04. The second-order valence-corrected chi connectivity index (χ2v) is 2.68. The molecule has 0 spiro atoms. The van der Waals surface area contributed by atoms with Gasteiger partial charge in [-0.2, -0.15) is 30.7 Å². The SMILES string of the molecule is N=C(F)C(F)C(F)(F)C(F)(F)C(F)(F)N(F)F. The third-order valence-corrected chi connectivity index (χ3v) is 1.55. The molecule has 2 nitrogen and oxygen atoms in total. The first-order chi connectivity index (χ1) is 7.30. The maximum Gasteiger partial charge on any atom is 0.425 e. The van der Waals surface area contributed by atoms with E-state index in [4.69, 9.17) is 5.41 Å². The van der Waals surface area contributed by atoms with Crippen LogP contribution in [0.1, 0.15) is 0 Å². The van der Waals surface area contributed by atoms with E-state index in [1.54, 1.807) is 0 Å². The number of nitrogens with zero attached hydrogens (tertiary/aromatic N) is 1. The summed E-state index contributed by atoms with van der Waals surface area (Å²) in [7, 11) is 0. The zero-order chi connectivity index (χ0) is 14.2. The molecule has 0 aliphatic heterocycles. The van der Waals surface area contributed by atoms with E-state index >= 15 is 0 Å². The Morgan fingerprint density at radius 2 is 1.35 bits per heavy atom. The summed E-state index contributed by atoms with van der Waals surface area (Å²) in [6.07, 6.45) is -4.77. The highest BCUT2D eigenvalue weighted by molar-refractivity contribution is 5.77. The highest BCUT2D eigenvalue weighted by atomic mass is 19.4. The first kappa shape index (κ1) is 15.9. The van der Waals surface area contributed by atoms with Crippen LogP contribution in [0, 0.1) is 5.41 Å². The molecule has 0 aromatic rings. The van der Waals surface area contributed by atoms with Gasteiger partial charge in [-0.3, -0.25) is 5.41 Å². The minimum absolute atomic E-state index is 3.20. The molecule has 0 radical (unpaired) electrons. The second-order valence-electron chi connectivity index (χ2n) is 2.68. The molecule has 0 bridgehead atoms. The zero-order valence-corrected chi connectivity index (χ0v) is 7.30. The fourth-order valence-corrected chi connectivity index (χ4v) is 0.625. The van der Waals surface area contributed by atoms with Crippen LogP contribution in [0.2, 0.25) is 0 Å². The zero-order valence-electron chi connectivity index (χ0n) is 7.30. The van der Waals surface area contributed by atoms with Crippen LogP contribution >= 0.6 is 0 Å². The van der Waals surface area contributed by atoms with E-state index in [-0.39, 0.29) is 0 Å². The van der Waals surface area contributed by atoms with Gasteiger partial charge in [0.1, 0.15) is 0 Å². The molecule has 0 aromatic heterocycles. The van der Waals surface area contributed by atoms with Crippen molar-refractivity contribution < 1.29 is 44.1 Å². The summed E-state index contributed by atoms with van der Waals surface area (Å²) in [6, 6.07) is -6.74. The molecule has 0 fully saturated rings. The molecule has 0 heterocycles. The van der Waals surface area contributed by atoms with Gasteiger partial charge < -0.3 is 0 Å². The van der Waals surface area contributed by atoms with Crippen LogP contribution in [0.25, 0.3) is 0 Å². The van der Waals surface area contributed by atoms with Crippen LogP contribution < -0.4 is 0 Å². The molecule has 12 heteroatoms. The third-order valence-electron chi connectivity index (χ3n) is 1.55. The summed E-state index contributed by atoms with van der Waals surface area (Å²) < 4.78 is 120. The summed E-state index contributed by atoms with van der Waals surface area (Å²) >= 11 is 0. The van der Waals surface area contributed by atoms with Crippen molar-refractivity contribution in [3.05, 3.63) is 0 Å². The van der Waals surface area contributed by atoms with Crippen LogP contribution in [0.15, 0.2) is 0 Å². The molecule has 0 rings (SSSR count). The molecule has 0 saturated heterocycles. The number of rotatable bonds is 5. The van der Waals surface area contributed by atoms with Crippen LogP contribution in [0.3, 0.4) is 0 Å². The summed E-state index contributed by atoms with van der Waals surface area (Å²) in [5.74, 6) is -16.7. The molecule has 0 saturated carbocycles. The Bertz CT molecular complexity index is 299. The molecule has 1 atom stereocenters. The average molecular weight is 280 g/mol. The van der Waals surface area contributed by atoms with E-state index < -0.39 is 35.4 Å². The van der Waals surface area contributed by atoms with Crippen molar-refractivity contribution >= 4 is 5.97 Å². The van der Waals surface area contributed by atoms with Crippen molar-refractivity contribution in [2.75, 3.05) is 0 Å². The van der Waals surface area contributed by atoms with Gasteiger partial charge in [-0.05, 0) is 0 Å². The van der Waals surface area contributed by atoms with Gasteiger partial charge in [0.15, 0.2) is 0 Å². The first-order valence-corrected chi connectivity index (χ1v) is 3.43. The van der Waals surface area contributed by atoms with Gasteiger partial charge in [-0.25, -0.2) is 4.39 Å². The Labute approximate surface area is 86.2 Å². The smallest absolute Gasteiger partial charge is 0.275 e. The standard InChI is InChI=1S/C5H2F10N2/c6-1(2(7)16)3(8,9)4(10,11)5(12,13)17(14)15/h1,16H. The molecule has 1 N–H and O–H groups in total. The van der Waals surface area contributed by atoms with Gasteiger partial charge in [-0.15, -0.1) is 0 Å². The Balaban J connectivity index is 5.51. The third kappa shape index (κ3) is 2.30. The number of hydrogen-bond donors (Lipinski definition) is 1. The van der Waals surface area contributed by atoms with E-state index in [9.17, 15) is 44.1 Å². The van der Waals surface area contributed by atoms with E-state index in [2.05, 4.69) is 0 Å². The minimum Gasteiger partial charge on any atom is -0.275 e. The summed E-state index contributed by atoms with van der Waals surface area (Å²) in [5, 5.41) is 2.09. The van der Waals surface area contributed by atoms with Gasteiger partial charge in [-0.1, -0.05) is 8.96 Å². The fourth-order valence-electron chi connectivity index (χ4n) is 0.625. The van der Waals surface area contributed by atoms with Crippen molar-refractivity contribution in [1.82, 2.24) is 5.34 Å². The highest BCUT2D eigenvalue weighted by Gasteiger charge is 2.79. The molecule has 102 valence electrons. The first-order valence-electron chi connectivity index (χ1n) is 3.43. The average Bonchev–Trinajstić information content (AvgIpc) is 2.15. The Morgan fingerprint density at radius 3 is 1.59 bits per heavy atom. The maximum atomic E-state index is 12.4. The topological polar surface area (TPSA) is 27.1 Å². The molecule has 0 aromatic carbocycles. The molecule has 1 unspecified atom stereocenters. The summed E-state index contributed by atoms with van der Waals surface area (Å²) in [4.78, 5) is 0. The summed E-state index contributed by atoms with van der Waals surface area (Å²) in [6.45, 7) is 0. The van der Waals surface area contributed by atoms with Crippen molar-refractivity contribution in [3.8, 4) is 0 Å². The highest BCUT2D eigenvalue weighted by Crippen LogP contribution is 2.50. The van der Waals surface area contributed by atoms with E-state index in [0.717, 1.165) is 0 Å². The van der Waals surface area contributed by atoms with Crippen molar-refractivity contribution in [3.63, 3.8) is 0 Å². The monoisotopic (exact) mass is 280 g/mol. The molecule has 0 amide bonds. The number of alkyl halides is 7. The molecule has 0 aliphatic rings. The molecule has 17 heavy (non-hydrogen) atoms. The lowest BCUT2D eigenvalue weighted by Gasteiger charge is -2.32. The van der Waals surface area contributed by atoms with Gasteiger partial charge in [0.2, 0.25) is 12.1 Å². The maximum absolute atomic E-state index is 12.4. The predicted octanol–water partition coefficient (Wildman–Crippen LogP) is 3.21. The van der Waals surface area contributed by atoms with Crippen molar-refractivity contribution in [2.24, 2.45) is 0 Å². The van der Waals surface area contributed by atoms with Gasteiger partial charge in [0.05, 0.1) is 5.34 Å². The summed E-state index contributed by atoms with van der Waals surface area (Å²) in [5.41, 5.74) is 0. The number of hydrogen-bond acceptors (Lipinski definition) is 2. The lowest BCUT2D eigenvalue weighted by Crippen LogP contribution is -2.62. The molecule has 0 aliphatic carbocycles. The van der Waals surface area contributed by atoms with Crippen molar-refractivity contribution in [2.45, 2.75) is 24.1 Å². The predicted molar refractivity (Wildman–Crippen MR) is 32.6 cm³/mol. The Hall–Kier alpha value is -1.07. The largest absolute Gasteiger partial charge is 0.425 e. The van der Waals surface area contributed by atoms with E-state index in [1.807, 2.05) is 0 Å². The van der Waals surface area contributed by atoms with Crippen LogP contribution in [-0.4, -0.2) is 35.4 Å². The number of nitrogens with one attached hydrogen (secondary N) is 1. The van der Waals surface area contributed by atoms with Gasteiger partial charge in [0, 0.05) is 0 Å².